The van der Waals surface area contributed by atoms with Crippen LogP contribution in [0.4, 0.5) is 5.69 Å². The van der Waals surface area contributed by atoms with Gasteiger partial charge in [-0.1, -0.05) is 18.0 Å². The number of hydrogen-bond acceptors (Lipinski definition) is 6. The van der Waals surface area contributed by atoms with Crippen molar-refractivity contribution >= 4 is 50.9 Å². The maximum absolute atomic E-state index is 12.8. The number of benzene rings is 1. The van der Waals surface area contributed by atoms with Crippen LogP contribution in [-0.2, 0) is 24.3 Å². The minimum atomic E-state index is -3.62. The fraction of sp³-hybridized carbons (Fsp3) is 0.556. The van der Waals surface area contributed by atoms with Gasteiger partial charge in [0.2, 0.25) is 15.9 Å². The Kier molecular flexibility index (Phi) is 8.60. The number of hydrogen-bond donors (Lipinski definition) is 1. The molecule has 1 aromatic rings. The average molecular weight is 449 g/mol. The van der Waals surface area contributed by atoms with Gasteiger partial charge >= 0.3 is 5.97 Å². The van der Waals surface area contributed by atoms with Crippen LogP contribution < -0.4 is 5.32 Å². The Bertz CT molecular complexity index is 810. The van der Waals surface area contributed by atoms with Crippen molar-refractivity contribution in [3.63, 3.8) is 0 Å². The van der Waals surface area contributed by atoms with Gasteiger partial charge in [0.25, 0.3) is 0 Å². The second-order valence-corrected chi connectivity index (χ2v) is 10.2. The lowest BCUT2D eigenvalue weighted by atomic mass is 10.2. The summed E-state index contributed by atoms with van der Waals surface area (Å²) in [6.45, 7) is 2.71. The maximum Gasteiger partial charge on any atom is 0.306 e. The minimum absolute atomic E-state index is 0.111. The van der Waals surface area contributed by atoms with Crippen molar-refractivity contribution in [1.82, 2.24) is 4.31 Å². The van der Waals surface area contributed by atoms with Gasteiger partial charge in [-0.3, -0.25) is 9.59 Å². The van der Waals surface area contributed by atoms with E-state index in [0.29, 0.717) is 18.8 Å². The number of carbonyl (C=O) groups is 2. The molecule has 0 radical (unpaired) electrons. The van der Waals surface area contributed by atoms with Crippen molar-refractivity contribution in [2.24, 2.45) is 0 Å². The molecule has 1 aliphatic rings. The smallest absolute Gasteiger partial charge is 0.306 e. The molecular weight excluding hydrogens is 424 g/mol. The summed E-state index contributed by atoms with van der Waals surface area (Å²) in [5, 5.41) is 2.51. The van der Waals surface area contributed by atoms with Gasteiger partial charge < -0.3 is 10.1 Å². The fourth-order valence-electron chi connectivity index (χ4n) is 2.75. The van der Waals surface area contributed by atoms with Crippen molar-refractivity contribution in [2.75, 3.05) is 31.3 Å². The Labute approximate surface area is 175 Å². The zero-order valence-electron chi connectivity index (χ0n) is 15.9. The van der Waals surface area contributed by atoms with Gasteiger partial charge in [0.1, 0.15) is 0 Å². The van der Waals surface area contributed by atoms with Crippen LogP contribution in [0.1, 0.15) is 32.6 Å². The number of piperidine rings is 1. The summed E-state index contributed by atoms with van der Waals surface area (Å²) in [7, 11) is -2.30. The van der Waals surface area contributed by atoms with E-state index in [4.69, 9.17) is 11.6 Å². The average Bonchev–Trinajstić information content (AvgIpc) is 2.69. The molecule has 10 heteroatoms. The Morgan fingerprint density at radius 2 is 1.96 bits per heavy atom. The molecule has 1 aromatic carbocycles. The minimum Gasteiger partial charge on any atom is -0.469 e. The first kappa shape index (κ1) is 23.0. The number of methoxy groups -OCH3 is 1. The highest BCUT2D eigenvalue weighted by atomic mass is 35.5. The first-order chi connectivity index (χ1) is 13.3. The van der Waals surface area contributed by atoms with Gasteiger partial charge in [-0.05, 0) is 38.0 Å². The number of nitrogens with one attached hydrogen (secondary N) is 1. The van der Waals surface area contributed by atoms with Crippen molar-refractivity contribution in [1.29, 1.82) is 0 Å². The number of rotatable bonds is 8. The summed E-state index contributed by atoms with van der Waals surface area (Å²) in [5.41, 5.74) is 0.255. The number of esters is 1. The highest BCUT2D eigenvalue weighted by Crippen LogP contribution is 2.29. The van der Waals surface area contributed by atoms with E-state index in [1.54, 1.807) is 6.92 Å². The van der Waals surface area contributed by atoms with Crippen LogP contribution in [0.5, 0.6) is 0 Å². The van der Waals surface area contributed by atoms with E-state index >= 15 is 0 Å². The molecule has 28 heavy (non-hydrogen) atoms. The SMILES string of the molecule is COC(=O)CCS[C@H](C)C(=O)Nc1cc(S(=O)(=O)N2CCCCC2)ccc1Cl. The van der Waals surface area contributed by atoms with E-state index in [9.17, 15) is 18.0 Å². The van der Waals surface area contributed by atoms with Gasteiger partial charge in [0.15, 0.2) is 0 Å². The van der Waals surface area contributed by atoms with Crippen molar-refractivity contribution < 1.29 is 22.7 Å². The van der Waals surface area contributed by atoms with Crippen LogP contribution in [-0.4, -0.2) is 55.8 Å². The lowest BCUT2D eigenvalue weighted by Gasteiger charge is -2.26. The molecule has 0 aromatic heterocycles. The largest absolute Gasteiger partial charge is 0.469 e. The summed E-state index contributed by atoms with van der Waals surface area (Å²) in [4.78, 5) is 23.7. The Hall–Kier alpha value is -1.29. The van der Waals surface area contributed by atoms with Gasteiger partial charge in [0, 0.05) is 18.8 Å². The fourth-order valence-corrected chi connectivity index (χ4v) is 5.30. The van der Waals surface area contributed by atoms with E-state index in [1.165, 1.54) is 41.4 Å². The lowest BCUT2D eigenvalue weighted by Crippen LogP contribution is -2.35. The van der Waals surface area contributed by atoms with Gasteiger partial charge in [-0.2, -0.15) is 4.31 Å². The van der Waals surface area contributed by atoms with Crippen LogP contribution in [0.15, 0.2) is 23.1 Å². The van der Waals surface area contributed by atoms with Crippen LogP contribution in [0, 0.1) is 0 Å². The number of amides is 1. The third-order valence-corrected chi connectivity index (χ3v) is 7.80. The summed E-state index contributed by atoms with van der Waals surface area (Å²) in [5.74, 6) is -0.207. The number of carbonyl (C=O) groups excluding carboxylic acids is 2. The Morgan fingerprint density at radius 3 is 2.61 bits per heavy atom. The normalized spacial score (nSPS) is 16.4. The van der Waals surface area contributed by atoms with Crippen LogP contribution in [0.25, 0.3) is 0 Å². The third-order valence-electron chi connectivity index (χ3n) is 4.42. The van der Waals surface area contributed by atoms with E-state index in [2.05, 4.69) is 10.1 Å². The molecule has 0 spiro atoms. The predicted molar refractivity (Wildman–Crippen MR) is 111 cm³/mol. The molecule has 2 rings (SSSR count). The first-order valence-electron chi connectivity index (χ1n) is 9.04. The first-order valence-corrected chi connectivity index (χ1v) is 11.9. The molecule has 0 bridgehead atoms. The van der Waals surface area contributed by atoms with Crippen molar-refractivity contribution in [2.45, 2.75) is 42.8 Å². The van der Waals surface area contributed by atoms with Gasteiger partial charge in [-0.15, -0.1) is 11.8 Å². The second-order valence-electron chi connectivity index (χ2n) is 6.43. The van der Waals surface area contributed by atoms with Crippen molar-refractivity contribution in [3.8, 4) is 0 Å². The molecule has 0 saturated carbocycles. The number of ether oxygens (including phenoxy) is 1. The molecule has 0 aliphatic carbocycles. The highest BCUT2D eigenvalue weighted by Gasteiger charge is 2.27. The van der Waals surface area contributed by atoms with Gasteiger partial charge in [0.05, 0.1) is 34.4 Å². The molecule has 1 aliphatic heterocycles. The molecule has 7 nitrogen and oxygen atoms in total. The maximum atomic E-state index is 12.8. The Morgan fingerprint density at radius 1 is 1.29 bits per heavy atom. The standard InChI is InChI=1S/C18H25ClN2O5S2/c1-13(27-11-8-17(22)26-2)18(23)20-16-12-14(6-7-15(16)19)28(24,25)21-9-4-3-5-10-21/h6-7,12-13H,3-5,8-11H2,1-2H3,(H,20,23)/t13-/m1/s1. The van der Waals surface area contributed by atoms with E-state index in [1.807, 2.05) is 0 Å². The molecule has 0 unspecified atom stereocenters. The molecule has 1 heterocycles. The zero-order chi connectivity index (χ0) is 20.7. The monoisotopic (exact) mass is 448 g/mol. The lowest BCUT2D eigenvalue weighted by molar-refractivity contribution is -0.140. The second kappa shape index (κ2) is 10.5. The van der Waals surface area contributed by atoms with Crippen LogP contribution >= 0.6 is 23.4 Å². The third kappa shape index (κ3) is 6.10. The number of sulfonamides is 1. The zero-order valence-corrected chi connectivity index (χ0v) is 18.3. The number of thioether (sulfide) groups is 1. The molecule has 1 amide bonds. The Balaban J connectivity index is 2.06. The highest BCUT2D eigenvalue weighted by molar-refractivity contribution is 8.00. The summed E-state index contributed by atoms with van der Waals surface area (Å²) < 4.78 is 31.7. The van der Waals surface area contributed by atoms with E-state index in [0.717, 1.165) is 19.3 Å². The summed E-state index contributed by atoms with van der Waals surface area (Å²) in [6.07, 6.45) is 2.93. The van der Waals surface area contributed by atoms with Gasteiger partial charge in [-0.25, -0.2) is 8.42 Å². The van der Waals surface area contributed by atoms with Crippen LogP contribution in [0.2, 0.25) is 5.02 Å². The van der Waals surface area contributed by atoms with E-state index < -0.39 is 15.3 Å². The molecule has 1 atom stereocenters. The predicted octanol–water partition coefficient (Wildman–Crippen LogP) is 3.14. The van der Waals surface area contributed by atoms with E-state index in [-0.39, 0.29) is 33.9 Å². The molecule has 156 valence electrons. The number of nitrogens with zero attached hydrogens (tertiary/aromatic N) is 1. The van der Waals surface area contributed by atoms with Crippen LogP contribution in [0.3, 0.4) is 0 Å². The molecule has 1 N–H and O–H groups in total. The summed E-state index contributed by atoms with van der Waals surface area (Å²) >= 11 is 7.46. The van der Waals surface area contributed by atoms with Crippen molar-refractivity contribution in [3.05, 3.63) is 23.2 Å². The quantitative estimate of drug-likeness (QED) is 0.614. The number of anilines is 1. The molecule has 1 fully saturated rings. The number of halogens is 1. The molecule has 1 saturated heterocycles. The topological polar surface area (TPSA) is 92.8 Å². The molecular formula is C18H25ClN2O5S2. The summed E-state index contributed by atoms with van der Waals surface area (Å²) in [6, 6.07) is 4.33.